The van der Waals surface area contributed by atoms with Gasteiger partial charge in [-0.2, -0.15) is 0 Å². The molecule has 1 N–H and O–H groups in total. The predicted octanol–water partition coefficient (Wildman–Crippen LogP) is 6.68. The average molecular weight is 587 g/mol. The SMILES string of the molecule is O=C(Cn1cc(/C=C2\SC(=O)N(c3cccc(Cl)c3)C2=O)c2cc(Br)ccc21)NCc1cccs1. The predicted molar refractivity (Wildman–Crippen MR) is 146 cm³/mol. The lowest BCUT2D eigenvalue weighted by Gasteiger charge is -2.12. The second kappa shape index (κ2) is 10.0. The number of aromatic nitrogens is 1. The third-order valence-electron chi connectivity index (χ3n) is 5.37. The average Bonchev–Trinajstić information content (AvgIpc) is 3.52. The van der Waals surface area contributed by atoms with Crippen molar-refractivity contribution in [2.24, 2.45) is 0 Å². The van der Waals surface area contributed by atoms with Gasteiger partial charge in [0.25, 0.3) is 11.1 Å². The molecule has 0 spiro atoms. The van der Waals surface area contributed by atoms with Gasteiger partial charge in [-0.25, -0.2) is 4.90 Å². The molecule has 0 saturated carbocycles. The van der Waals surface area contributed by atoms with E-state index in [-0.39, 0.29) is 17.7 Å². The second-order valence-corrected chi connectivity index (χ2v) is 11.1. The van der Waals surface area contributed by atoms with Gasteiger partial charge in [-0.15, -0.1) is 11.3 Å². The maximum Gasteiger partial charge on any atom is 0.298 e. The number of nitrogens with one attached hydrogen (secondary N) is 1. The normalized spacial score (nSPS) is 14.9. The van der Waals surface area contributed by atoms with E-state index in [0.717, 1.165) is 42.5 Å². The number of thioether (sulfide) groups is 1. The fraction of sp³-hybridized carbons (Fsp3) is 0.0800. The molecule has 5 rings (SSSR count). The number of hydrogen-bond donors (Lipinski definition) is 1. The van der Waals surface area contributed by atoms with Crippen LogP contribution in [0.15, 0.2) is 75.6 Å². The number of benzene rings is 2. The van der Waals surface area contributed by atoms with Crippen molar-refractivity contribution in [2.45, 2.75) is 13.1 Å². The maximum atomic E-state index is 13.1. The van der Waals surface area contributed by atoms with Crippen LogP contribution in [0.25, 0.3) is 17.0 Å². The van der Waals surface area contributed by atoms with E-state index in [0.29, 0.717) is 22.2 Å². The molecule has 0 atom stereocenters. The van der Waals surface area contributed by atoms with E-state index in [1.807, 2.05) is 46.5 Å². The highest BCUT2D eigenvalue weighted by Crippen LogP contribution is 2.37. The van der Waals surface area contributed by atoms with Crippen molar-refractivity contribution in [2.75, 3.05) is 4.90 Å². The van der Waals surface area contributed by atoms with Gasteiger partial charge in [-0.1, -0.05) is 39.7 Å². The highest BCUT2D eigenvalue weighted by molar-refractivity contribution is 9.10. The molecule has 4 aromatic rings. The molecule has 0 bridgehead atoms. The van der Waals surface area contributed by atoms with Gasteiger partial charge in [0.05, 0.1) is 17.1 Å². The Morgan fingerprint density at radius 3 is 2.74 bits per heavy atom. The van der Waals surface area contributed by atoms with E-state index in [4.69, 9.17) is 11.6 Å². The molecule has 2 aromatic heterocycles. The molecule has 3 amide bonds. The molecule has 35 heavy (non-hydrogen) atoms. The number of hydrogen-bond acceptors (Lipinski definition) is 5. The molecule has 3 heterocycles. The summed E-state index contributed by atoms with van der Waals surface area (Å²) in [5, 5.41) is 5.82. The smallest absolute Gasteiger partial charge is 0.298 e. The van der Waals surface area contributed by atoms with Gasteiger partial charge >= 0.3 is 0 Å². The van der Waals surface area contributed by atoms with Gasteiger partial charge in [0.2, 0.25) is 5.91 Å². The fourth-order valence-corrected chi connectivity index (χ4v) is 5.82. The standard InChI is InChI=1S/C25H17BrClN3O3S2/c26-16-6-7-21-20(10-16)15(13-29(21)14-23(31)28-12-19-5-2-8-34-19)9-22-24(32)30(25(33)35-22)18-4-1-3-17(27)11-18/h1-11,13H,12,14H2,(H,28,31)/b22-9-. The number of carbonyl (C=O) groups excluding carboxylic acids is 3. The first-order valence-electron chi connectivity index (χ1n) is 10.5. The first-order chi connectivity index (χ1) is 16.9. The van der Waals surface area contributed by atoms with Crippen molar-refractivity contribution in [1.82, 2.24) is 9.88 Å². The lowest BCUT2D eigenvalue weighted by Crippen LogP contribution is -2.27. The summed E-state index contributed by atoms with van der Waals surface area (Å²) >= 11 is 12.0. The molecule has 0 unspecified atom stereocenters. The summed E-state index contributed by atoms with van der Waals surface area (Å²) < 4.78 is 2.71. The summed E-state index contributed by atoms with van der Waals surface area (Å²) in [5.41, 5.74) is 2.01. The van der Waals surface area contributed by atoms with Crippen LogP contribution in [0.3, 0.4) is 0 Å². The zero-order valence-corrected chi connectivity index (χ0v) is 22.0. The fourth-order valence-electron chi connectivity index (χ4n) is 3.80. The lowest BCUT2D eigenvalue weighted by atomic mass is 10.1. The molecule has 6 nitrogen and oxygen atoms in total. The van der Waals surface area contributed by atoms with Crippen molar-refractivity contribution in [3.8, 4) is 0 Å². The van der Waals surface area contributed by atoms with Crippen LogP contribution in [0, 0.1) is 0 Å². The zero-order valence-electron chi connectivity index (χ0n) is 18.0. The van der Waals surface area contributed by atoms with Crippen molar-refractivity contribution >= 4 is 90.3 Å². The number of fused-ring (bicyclic) bond motifs is 1. The van der Waals surface area contributed by atoms with Crippen molar-refractivity contribution in [1.29, 1.82) is 0 Å². The minimum Gasteiger partial charge on any atom is -0.350 e. The Morgan fingerprint density at radius 2 is 1.97 bits per heavy atom. The first-order valence-corrected chi connectivity index (χ1v) is 13.4. The van der Waals surface area contributed by atoms with Crippen LogP contribution in [0.1, 0.15) is 10.4 Å². The molecule has 10 heteroatoms. The molecular weight excluding hydrogens is 570 g/mol. The third-order valence-corrected chi connectivity index (χ3v) is 7.85. The van der Waals surface area contributed by atoms with E-state index < -0.39 is 5.91 Å². The topological polar surface area (TPSA) is 71.4 Å². The van der Waals surface area contributed by atoms with Gasteiger partial charge in [0, 0.05) is 37.0 Å². The third kappa shape index (κ3) is 5.08. The van der Waals surface area contributed by atoms with Crippen LogP contribution in [0.4, 0.5) is 10.5 Å². The molecular formula is C25H17BrClN3O3S2. The summed E-state index contributed by atoms with van der Waals surface area (Å²) in [5.74, 6) is -0.530. The Balaban J connectivity index is 1.44. The van der Waals surface area contributed by atoms with Gasteiger partial charge in [-0.3, -0.25) is 14.4 Å². The number of anilines is 1. The number of amides is 3. The zero-order chi connectivity index (χ0) is 24.5. The van der Waals surface area contributed by atoms with Crippen LogP contribution in [0.2, 0.25) is 5.02 Å². The summed E-state index contributed by atoms with van der Waals surface area (Å²) in [6.07, 6.45) is 3.53. The lowest BCUT2D eigenvalue weighted by molar-refractivity contribution is -0.121. The summed E-state index contributed by atoms with van der Waals surface area (Å²) in [6.45, 7) is 0.603. The van der Waals surface area contributed by atoms with E-state index >= 15 is 0 Å². The van der Waals surface area contributed by atoms with Crippen molar-refractivity contribution < 1.29 is 14.4 Å². The summed E-state index contributed by atoms with van der Waals surface area (Å²) in [4.78, 5) is 40.9. The molecule has 1 fully saturated rings. The summed E-state index contributed by atoms with van der Waals surface area (Å²) in [6, 6.07) is 16.3. The molecule has 1 aliphatic rings. The van der Waals surface area contributed by atoms with Crippen LogP contribution < -0.4 is 10.2 Å². The number of imide groups is 1. The number of thiophene rings is 1. The van der Waals surface area contributed by atoms with Crippen LogP contribution in [-0.4, -0.2) is 21.6 Å². The van der Waals surface area contributed by atoms with Crippen LogP contribution in [-0.2, 0) is 22.7 Å². The van der Waals surface area contributed by atoms with Crippen molar-refractivity contribution in [3.63, 3.8) is 0 Å². The van der Waals surface area contributed by atoms with Crippen LogP contribution in [0.5, 0.6) is 0 Å². The van der Waals surface area contributed by atoms with E-state index in [9.17, 15) is 14.4 Å². The minimum absolute atomic E-state index is 0.119. The quantitative estimate of drug-likeness (QED) is 0.256. The minimum atomic E-state index is -0.410. The number of halogens is 2. The van der Waals surface area contributed by atoms with E-state index in [1.165, 1.54) is 0 Å². The highest BCUT2D eigenvalue weighted by Gasteiger charge is 2.36. The van der Waals surface area contributed by atoms with E-state index in [1.54, 1.807) is 41.7 Å². The van der Waals surface area contributed by atoms with Crippen LogP contribution >= 0.6 is 50.6 Å². The molecule has 0 aliphatic carbocycles. The second-order valence-electron chi connectivity index (χ2n) is 7.73. The largest absolute Gasteiger partial charge is 0.350 e. The Kier molecular flexibility index (Phi) is 6.84. The van der Waals surface area contributed by atoms with Gasteiger partial charge in [0.1, 0.15) is 6.54 Å². The van der Waals surface area contributed by atoms with Crippen molar-refractivity contribution in [3.05, 3.63) is 91.0 Å². The van der Waals surface area contributed by atoms with Gasteiger partial charge in [-0.05, 0) is 65.7 Å². The maximum absolute atomic E-state index is 13.1. The molecule has 1 saturated heterocycles. The first kappa shape index (κ1) is 23.9. The molecule has 176 valence electrons. The molecule has 1 aliphatic heterocycles. The Hall–Kier alpha value is -2.85. The highest BCUT2D eigenvalue weighted by atomic mass is 79.9. The molecule has 2 aromatic carbocycles. The molecule has 0 radical (unpaired) electrons. The summed E-state index contributed by atoms with van der Waals surface area (Å²) in [7, 11) is 0. The van der Waals surface area contributed by atoms with Gasteiger partial charge in [0.15, 0.2) is 0 Å². The van der Waals surface area contributed by atoms with E-state index in [2.05, 4.69) is 21.2 Å². The monoisotopic (exact) mass is 585 g/mol. The number of rotatable bonds is 6. The number of nitrogens with zero attached hydrogens (tertiary/aromatic N) is 2. The Morgan fingerprint density at radius 1 is 1.11 bits per heavy atom. The van der Waals surface area contributed by atoms with Gasteiger partial charge < -0.3 is 9.88 Å². The number of carbonyl (C=O) groups is 3. The Bertz CT molecular complexity index is 1500. The Labute approximate surface area is 222 Å².